The average molecular weight is 465 g/mol. The standard InChI is InChI=1S/C27H32N2O5/c1-3-29(17(2)26(31)32)25(30)15-24(18-9-8-10-18)28-27(33)34-16-23-21-13-6-4-11-19(21)20-12-5-7-14-22(20)23/h4-7,11-14,17-18,23-24H,3,8-10,15-16H2,1-2H3,(H,28,33)(H,31,32). The highest BCUT2D eigenvalue weighted by Gasteiger charge is 2.34. The molecular weight excluding hydrogens is 432 g/mol. The number of fused-ring (bicyclic) bond motifs is 3. The van der Waals surface area contributed by atoms with Crippen molar-refractivity contribution in [3.05, 3.63) is 59.7 Å². The number of ether oxygens (including phenoxy) is 1. The Morgan fingerprint density at radius 1 is 1.06 bits per heavy atom. The Morgan fingerprint density at radius 2 is 1.65 bits per heavy atom. The molecule has 0 aromatic heterocycles. The third-order valence-corrected chi connectivity index (χ3v) is 7.25. The van der Waals surface area contributed by atoms with Crippen LogP contribution in [0.25, 0.3) is 11.1 Å². The van der Waals surface area contributed by atoms with E-state index in [0.717, 1.165) is 41.5 Å². The van der Waals surface area contributed by atoms with Crippen LogP contribution in [-0.2, 0) is 14.3 Å². The zero-order valence-electron chi connectivity index (χ0n) is 19.7. The second kappa shape index (κ2) is 10.3. The summed E-state index contributed by atoms with van der Waals surface area (Å²) in [4.78, 5) is 38.4. The molecule has 0 aliphatic heterocycles. The third-order valence-electron chi connectivity index (χ3n) is 7.25. The number of nitrogens with one attached hydrogen (secondary N) is 1. The molecule has 2 aromatic carbocycles. The second-order valence-corrected chi connectivity index (χ2v) is 9.17. The van der Waals surface area contributed by atoms with Crippen LogP contribution in [0.1, 0.15) is 56.6 Å². The molecule has 0 bridgehead atoms. The van der Waals surface area contributed by atoms with Gasteiger partial charge in [-0.3, -0.25) is 4.79 Å². The van der Waals surface area contributed by atoms with Crippen LogP contribution in [0.3, 0.4) is 0 Å². The van der Waals surface area contributed by atoms with Gasteiger partial charge in [-0.15, -0.1) is 0 Å². The quantitative estimate of drug-likeness (QED) is 0.573. The molecule has 7 nitrogen and oxygen atoms in total. The maximum atomic E-state index is 12.9. The van der Waals surface area contributed by atoms with Gasteiger partial charge < -0.3 is 20.1 Å². The molecule has 180 valence electrons. The van der Waals surface area contributed by atoms with E-state index in [4.69, 9.17) is 4.74 Å². The molecule has 0 spiro atoms. The number of carbonyl (C=O) groups is 3. The summed E-state index contributed by atoms with van der Waals surface area (Å²) < 4.78 is 5.67. The number of carboxylic acids is 1. The van der Waals surface area contributed by atoms with Gasteiger partial charge in [-0.25, -0.2) is 9.59 Å². The molecule has 2 unspecified atom stereocenters. The largest absolute Gasteiger partial charge is 0.480 e. The minimum atomic E-state index is -1.04. The Hall–Kier alpha value is -3.35. The first-order valence-corrected chi connectivity index (χ1v) is 12.0. The van der Waals surface area contributed by atoms with Crippen molar-refractivity contribution in [3.8, 4) is 11.1 Å². The van der Waals surface area contributed by atoms with E-state index in [1.807, 2.05) is 24.3 Å². The van der Waals surface area contributed by atoms with Crippen LogP contribution in [0.15, 0.2) is 48.5 Å². The minimum absolute atomic E-state index is 0.0334. The number of rotatable bonds is 9. The van der Waals surface area contributed by atoms with Gasteiger partial charge in [0.05, 0.1) is 0 Å². The van der Waals surface area contributed by atoms with Gasteiger partial charge in [0.15, 0.2) is 0 Å². The fourth-order valence-electron chi connectivity index (χ4n) is 5.07. The number of carbonyl (C=O) groups excluding carboxylic acids is 2. The molecule has 1 saturated carbocycles. The minimum Gasteiger partial charge on any atom is -0.480 e. The Balaban J connectivity index is 1.40. The third kappa shape index (κ3) is 4.79. The highest BCUT2D eigenvalue weighted by atomic mass is 16.5. The van der Waals surface area contributed by atoms with Crippen molar-refractivity contribution >= 4 is 18.0 Å². The molecule has 0 radical (unpaired) electrons. The molecule has 2 N–H and O–H groups in total. The number of alkyl carbamates (subject to hydrolysis) is 1. The van der Waals surface area contributed by atoms with Gasteiger partial charge in [0, 0.05) is 24.9 Å². The summed E-state index contributed by atoms with van der Waals surface area (Å²) in [6.45, 7) is 3.77. The molecule has 2 aromatic rings. The van der Waals surface area contributed by atoms with E-state index in [1.165, 1.54) is 11.8 Å². The van der Waals surface area contributed by atoms with Crippen LogP contribution in [0.5, 0.6) is 0 Å². The highest BCUT2D eigenvalue weighted by molar-refractivity contribution is 5.84. The first kappa shape index (κ1) is 23.8. The molecule has 0 saturated heterocycles. The molecule has 7 heteroatoms. The van der Waals surface area contributed by atoms with E-state index < -0.39 is 18.1 Å². The molecule has 1 fully saturated rings. The van der Waals surface area contributed by atoms with Crippen molar-refractivity contribution in [1.82, 2.24) is 10.2 Å². The number of hydrogen-bond acceptors (Lipinski definition) is 4. The maximum Gasteiger partial charge on any atom is 0.407 e. The lowest BCUT2D eigenvalue weighted by molar-refractivity contribution is -0.149. The fraction of sp³-hybridized carbons (Fsp3) is 0.444. The van der Waals surface area contributed by atoms with Crippen molar-refractivity contribution in [2.45, 2.75) is 57.5 Å². The predicted octanol–water partition coefficient (Wildman–Crippen LogP) is 4.41. The monoisotopic (exact) mass is 464 g/mol. The van der Waals surface area contributed by atoms with Crippen LogP contribution in [-0.4, -0.2) is 53.2 Å². The van der Waals surface area contributed by atoms with E-state index in [0.29, 0.717) is 6.54 Å². The molecule has 4 rings (SSSR count). The number of hydrogen-bond donors (Lipinski definition) is 2. The van der Waals surface area contributed by atoms with Gasteiger partial charge >= 0.3 is 12.1 Å². The average Bonchev–Trinajstić information content (AvgIpc) is 3.10. The number of benzene rings is 2. The molecule has 2 aliphatic rings. The van der Waals surface area contributed by atoms with Gasteiger partial charge in [-0.2, -0.15) is 0 Å². The summed E-state index contributed by atoms with van der Waals surface area (Å²) in [6, 6.07) is 15.0. The lowest BCUT2D eigenvalue weighted by Crippen LogP contribution is -2.49. The normalized spacial score (nSPS) is 16.5. The molecule has 0 heterocycles. The van der Waals surface area contributed by atoms with Gasteiger partial charge in [0.1, 0.15) is 12.6 Å². The van der Waals surface area contributed by atoms with Crippen LogP contribution in [0.2, 0.25) is 0 Å². The molecule has 2 amide bonds. The maximum absolute atomic E-state index is 12.9. The summed E-state index contributed by atoms with van der Waals surface area (Å²) >= 11 is 0. The number of amides is 2. The van der Waals surface area contributed by atoms with Crippen LogP contribution >= 0.6 is 0 Å². The first-order valence-electron chi connectivity index (χ1n) is 12.0. The van der Waals surface area contributed by atoms with E-state index >= 15 is 0 Å². The summed E-state index contributed by atoms with van der Waals surface area (Å²) in [5.74, 6) is -1.15. The van der Waals surface area contributed by atoms with Crippen LogP contribution < -0.4 is 5.32 Å². The summed E-state index contributed by atoms with van der Waals surface area (Å²) in [5, 5.41) is 12.2. The number of nitrogens with zero attached hydrogens (tertiary/aromatic N) is 1. The van der Waals surface area contributed by atoms with Crippen LogP contribution in [0, 0.1) is 5.92 Å². The Labute approximate surface area is 200 Å². The van der Waals surface area contributed by atoms with Gasteiger partial charge in [-0.1, -0.05) is 55.0 Å². The molecular formula is C27H32N2O5. The highest BCUT2D eigenvalue weighted by Crippen LogP contribution is 2.44. The number of likely N-dealkylation sites (N-methyl/N-ethyl adjacent to an activating group) is 1. The molecule has 2 aliphatic carbocycles. The van der Waals surface area contributed by atoms with Crippen molar-refractivity contribution in [3.63, 3.8) is 0 Å². The number of carboxylic acid groups (broad SMARTS) is 1. The topological polar surface area (TPSA) is 95.9 Å². The Morgan fingerprint density at radius 3 is 2.15 bits per heavy atom. The Bertz CT molecular complexity index is 1020. The molecule has 34 heavy (non-hydrogen) atoms. The van der Waals surface area contributed by atoms with Crippen molar-refractivity contribution < 1.29 is 24.2 Å². The van der Waals surface area contributed by atoms with Crippen molar-refractivity contribution in [1.29, 1.82) is 0 Å². The first-order chi connectivity index (χ1) is 16.4. The van der Waals surface area contributed by atoms with E-state index in [-0.39, 0.29) is 36.8 Å². The lowest BCUT2D eigenvalue weighted by Gasteiger charge is -2.35. The van der Waals surface area contributed by atoms with E-state index in [2.05, 4.69) is 29.6 Å². The smallest absolute Gasteiger partial charge is 0.407 e. The lowest BCUT2D eigenvalue weighted by atomic mass is 9.78. The summed E-state index contributed by atoms with van der Waals surface area (Å²) in [6.07, 6.45) is 2.45. The zero-order chi connectivity index (χ0) is 24.2. The van der Waals surface area contributed by atoms with Crippen molar-refractivity contribution in [2.75, 3.05) is 13.2 Å². The number of aliphatic carboxylic acids is 1. The van der Waals surface area contributed by atoms with Crippen LogP contribution in [0.4, 0.5) is 4.79 Å². The molecule has 2 atom stereocenters. The fourth-order valence-corrected chi connectivity index (χ4v) is 5.07. The van der Waals surface area contributed by atoms with Gasteiger partial charge in [0.2, 0.25) is 5.91 Å². The summed E-state index contributed by atoms with van der Waals surface area (Å²) in [5.41, 5.74) is 4.61. The van der Waals surface area contributed by atoms with E-state index in [9.17, 15) is 19.5 Å². The van der Waals surface area contributed by atoms with Crippen molar-refractivity contribution in [2.24, 2.45) is 5.92 Å². The zero-order valence-corrected chi connectivity index (χ0v) is 19.7. The van der Waals surface area contributed by atoms with E-state index in [1.54, 1.807) is 6.92 Å². The predicted molar refractivity (Wildman–Crippen MR) is 128 cm³/mol. The van der Waals surface area contributed by atoms with Gasteiger partial charge in [-0.05, 0) is 54.9 Å². The summed E-state index contributed by atoms with van der Waals surface area (Å²) in [7, 11) is 0. The SMILES string of the molecule is CCN(C(=O)CC(NC(=O)OCC1c2ccccc2-c2ccccc21)C1CCC1)C(C)C(=O)O. The second-order valence-electron chi connectivity index (χ2n) is 9.17. The van der Waals surface area contributed by atoms with Gasteiger partial charge in [0.25, 0.3) is 0 Å². The Kier molecular flexibility index (Phi) is 7.20.